The van der Waals surface area contributed by atoms with Crippen molar-refractivity contribution in [3.63, 3.8) is 0 Å². The summed E-state index contributed by atoms with van der Waals surface area (Å²) in [6.45, 7) is 1.82. The van der Waals surface area contributed by atoms with Gasteiger partial charge in [-0.2, -0.15) is 0 Å². The topological polar surface area (TPSA) is 55.1 Å². The lowest BCUT2D eigenvalue weighted by atomic mass is 10.0. The maximum atomic E-state index is 13.2. The van der Waals surface area contributed by atoms with Gasteiger partial charge in [0.2, 0.25) is 5.89 Å². The van der Waals surface area contributed by atoms with Crippen LogP contribution in [-0.2, 0) is 0 Å². The highest BCUT2D eigenvalue weighted by atomic mass is 19.1. The van der Waals surface area contributed by atoms with Gasteiger partial charge in [-0.1, -0.05) is 24.3 Å². The molecule has 0 saturated heterocycles. The lowest BCUT2D eigenvalue weighted by molar-refractivity contribution is 0.0940. The van der Waals surface area contributed by atoms with E-state index in [0.717, 1.165) is 5.56 Å². The molecule has 150 valence electrons. The van der Waals surface area contributed by atoms with Crippen LogP contribution in [0.4, 0.5) is 8.78 Å². The normalized spacial score (nSPS) is 11.8. The van der Waals surface area contributed by atoms with Crippen molar-refractivity contribution >= 4 is 5.91 Å². The summed E-state index contributed by atoms with van der Waals surface area (Å²) in [7, 11) is 0. The number of benzene rings is 3. The van der Waals surface area contributed by atoms with E-state index in [1.165, 1.54) is 24.3 Å². The third kappa shape index (κ3) is 4.12. The highest BCUT2D eigenvalue weighted by molar-refractivity contribution is 6.00. The Kier molecular flexibility index (Phi) is 5.39. The van der Waals surface area contributed by atoms with E-state index in [2.05, 4.69) is 10.3 Å². The Bertz CT molecular complexity index is 1170. The Labute approximate surface area is 172 Å². The van der Waals surface area contributed by atoms with Crippen LogP contribution in [0.15, 0.2) is 83.4 Å². The van der Waals surface area contributed by atoms with E-state index in [0.29, 0.717) is 22.5 Å². The second-order valence-electron chi connectivity index (χ2n) is 6.83. The number of hydrogen-bond donors (Lipinski definition) is 1. The van der Waals surface area contributed by atoms with Gasteiger partial charge in [-0.3, -0.25) is 4.79 Å². The van der Waals surface area contributed by atoms with Crippen LogP contribution >= 0.6 is 0 Å². The number of rotatable bonds is 5. The van der Waals surface area contributed by atoms with Crippen LogP contribution in [0.2, 0.25) is 0 Å². The zero-order valence-corrected chi connectivity index (χ0v) is 16.1. The average Bonchev–Trinajstić information content (AvgIpc) is 3.25. The zero-order valence-electron chi connectivity index (χ0n) is 16.1. The molecule has 1 atom stereocenters. The van der Waals surface area contributed by atoms with E-state index in [1.54, 1.807) is 54.7 Å². The molecule has 0 radical (unpaired) electrons. The summed E-state index contributed by atoms with van der Waals surface area (Å²) in [5.74, 6) is -0.211. The molecule has 0 fully saturated rings. The fourth-order valence-electron chi connectivity index (χ4n) is 3.12. The van der Waals surface area contributed by atoms with Crippen LogP contribution in [0, 0.1) is 11.6 Å². The molecule has 4 rings (SSSR count). The van der Waals surface area contributed by atoms with E-state index >= 15 is 0 Å². The van der Waals surface area contributed by atoms with Crippen LogP contribution in [0.1, 0.15) is 28.9 Å². The zero-order chi connectivity index (χ0) is 21.1. The summed E-state index contributed by atoms with van der Waals surface area (Å²) in [5.41, 5.74) is 2.41. The van der Waals surface area contributed by atoms with Crippen molar-refractivity contribution in [2.24, 2.45) is 0 Å². The molecule has 1 heterocycles. The summed E-state index contributed by atoms with van der Waals surface area (Å²) < 4.78 is 32.1. The van der Waals surface area contributed by atoms with Crippen molar-refractivity contribution in [1.82, 2.24) is 10.3 Å². The first-order valence-corrected chi connectivity index (χ1v) is 9.39. The van der Waals surface area contributed by atoms with Gasteiger partial charge in [0.05, 0.1) is 17.8 Å². The number of nitrogens with zero attached hydrogens (tertiary/aromatic N) is 1. The van der Waals surface area contributed by atoms with Crippen molar-refractivity contribution in [3.8, 4) is 22.8 Å². The van der Waals surface area contributed by atoms with E-state index in [9.17, 15) is 13.6 Å². The largest absolute Gasteiger partial charge is 0.436 e. The van der Waals surface area contributed by atoms with Crippen molar-refractivity contribution in [1.29, 1.82) is 0 Å². The van der Waals surface area contributed by atoms with Crippen molar-refractivity contribution in [3.05, 3.63) is 102 Å². The first-order valence-electron chi connectivity index (χ1n) is 9.39. The van der Waals surface area contributed by atoms with E-state index in [1.807, 2.05) is 6.92 Å². The van der Waals surface area contributed by atoms with Crippen LogP contribution in [0.25, 0.3) is 22.8 Å². The molecule has 1 amide bonds. The molecule has 4 nitrogen and oxygen atoms in total. The molecule has 4 aromatic rings. The molecule has 30 heavy (non-hydrogen) atoms. The quantitative estimate of drug-likeness (QED) is 0.459. The van der Waals surface area contributed by atoms with Gasteiger partial charge < -0.3 is 9.73 Å². The molecule has 0 bridgehead atoms. The summed E-state index contributed by atoms with van der Waals surface area (Å²) in [4.78, 5) is 17.2. The number of halogens is 2. The lowest BCUT2D eigenvalue weighted by Crippen LogP contribution is -2.27. The van der Waals surface area contributed by atoms with Gasteiger partial charge in [0, 0.05) is 11.1 Å². The summed E-state index contributed by atoms with van der Waals surface area (Å²) in [6, 6.07) is 18.5. The third-order valence-corrected chi connectivity index (χ3v) is 4.75. The minimum atomic E-state index is -0.337. The van der Waals surface area contributed by atoms with E-state index < -0.39 is 0 Å². The number of carbonyl (C=O) groups excluding carboxylic acids is 1. The van der Waals surface area contributed by atoms with Crippen molar-refractivity contribution < 1.29 is 18.0 Å². The Balaban J connectivity index is 1.59. The summed E-state index contributed by atoms with van der Waals surface area (Å²) >= 11 is 0. The minimum Gasteiger partial charge on any atom is -0.436 e. The SMILES string of the molecule is CC(NC(=O)c1ccccc1-c1ncc(-c2ccc(F)cc2)o1)c1ccc(F)cc1. The van der Waals surface area contributed by atoms with Gasteiger partial charge in [-0.15, -0.1) is 0 Å². The van der Waals surface area contributed by atoms with Gasteiger partial charge in [-0.05, 0) is 61.0 Å². The predicted molar refractivity (Wildman–Crippen MR) is 110 cm³/mol. The molecular weight excluding hydrogens is 386 g/mol. The summed E-state index contributed by atoms with van der Waals surface area (Å²) in [6.07, 6.45) is 1.54. The second-order valence-corrected chi connectivity index (χ2v) is 6.83. The average molecular weight is 404 g/mol. The predicted octanol–water partition coefficient (Wildman–Crippen LogP) is 5.78. The number of aromatic nitrogens is 1. The molecule has 3 aromatic carbocycles. The fraction of sp³-hybridized carbons (Fsp3) is 0.0833. The van der Waals surface area contributed by atoms with Crippen molar-refractivity contribution in [2.75, 3.05) is 0 Å². The Morgan fingerprint density at radius 2 is 1.57 bits per heavy atom. The van der Waals surface area contributed by atoms with Crippen LogP contribution in [0.5, 0.6) is 0 Å². The number of carbonyl (C=O) groups is 1. The summed E-state index contributed by atoms with van der Waals surface area (Å²) in [5, 5.41) is 2.91. The fourth-order valence-corrected chi connectivity index (χ4v) is 3.12. The molecule has 1 N–H and O–H groups in total. The minimum absolute atomic E-state index is 0.287. The molecular formula is C24H18F2N2O2. The van der Waals surface area contributed by atoms with Gasteiger partial charge in [0.1, 0.15) is 11.6 Å². The van der Waals surface area contributed by atoms with Crippen molar-refractivity contribution in [2.45, 2.75) is 13.0 Å². The maximum Gasteiger partial charge on any atom is 0.252 e. The number of amides is 1. The molecule has 0 aliphatic rings. The van der Waals surface area contributed by atoms with Gasteiger partial charge in [-0.25, -0.2) is 13.8 Å². The lowest BCUT2D eigenvalue weighted by Gasteiger charge is -2.15. The highest BCUT2D eigenvalue weighted by Crippen LogP contribution is 2.28. The number of oxazole rings is 1. The first kappa shape index (κ1) is 19.5. The Hall–Kier alpha value is -3.80. The third-order valence-electron chi connectivity index (χ3n) is 4.75. The number of nitrogens with one attached hydrogen (secondary N) is 1. The maximum absolute atomic E-state index is 13.2. The second kappa shape index (κ2) is 8.29. The molecule has 0 saturated carbocycles. The van der Waals surface area contributed by atoms with Gasteiger partial charge in [0.25, 0.3) is 5.91 Å². The molecule has 0 spiro atoms. The van der Waals surface area contributed by atoms with Crippen LogP contribution in [0.3, 0.4) is 0 Å². The first-order chi connectivity index (χ1) is 14.5. The van der Waals surface area contributed by atoms with Gasteiger partial charge >= 0.3 is 0 Å². The standard InChI is InChI=1S/C24H18F2N2O2/c1-15(16-6-10-18(25)11-7-16)28-23(29)20-4-2-3-5-21(20)24-27-14-22(30-24)17-8-12-19(26)13-9-17/h2-15H,1H3,(H,28,29). The highest BCUT2D eigenvalue weighted by Gasteiger charge is 2.19. The van der Waals surface area contributed by atoms with Crippen LogP contribution in [-0.4, -0.2) is 10.9 Å². The molecule has 0 aliphatic heterocycles. The van der Waals surface area contributed by atoms with E-state index in [4.69, 9.17) is 4.42 Å². The van der Waals surface area contributed by atoms with E-state index in [-0.39, 0.29) is 29.5 Å². The smallest absolute Gasteiger partial charge is 0.252 e. The monoisotopic (exact) mass is 404 g/mol. The Morgan fingerprint density at radius 3 is 2.27 bits per heavy atom. The molecule has 6 heteroatoms. The molecule has 0 aliphatic carbocycles. The molecule has 1 aromatic heterocycles. The number of hydrogen-bond acceptors (Lipinski definition) is 3. The molecule has 1 unspecified atom stereocenters. The Morgan fingerprint density at radius 1 is 0.933 bits per heavy atom. The van der Waals surface area contributed by atoms with Crippen LogP contribution < -0.4 is 5.32 Å². The van der Waals surface area contributed by atoms with Gasteiger partial charge in [0.15, 0.2) is 5.76 Å².